The molecule has 21 heavy (non-hydrogen) atoms. The van der Waals surface area contributed by atoms with Crippen molar-refractivity contribution in [2.24, 2.45) is 5.92 Å². The number of ether oxygens (including phenoxy) is 1. The van der Waals surface area contributed by atoms with E-state index in [1.54, 1.807) is 0 Å². The van der Waals surface area contributed by atoms with Gasteiger partial charge in [-0.25, -0.2) is 0 Å². The molecular weight excluding hydrogens is 260 g/mol. The molecule has 0 aromatic heterocycles. The molecule has 2 aliphatic carbocycles. The van der Waals surface area contributed by atoms with Crippen molar-refractivity contribution in [1.82, 2.24) is 10.2 Å². The van der Waals surface area contributed by atoms with E-state index in [0.717, 1.165) is 18.5 Å². The van der Waals surface area contributed by atoms with Gasteiger partial charge in [0.2, 0.25) is 0 Å². The lowest BCUT2D eigenvalue weighted by molar-refractivity contribution is -0.103. The molecule has 3 rings (SSSR count). The van der Waals surface area contributed by atoms with Crippen LogP contribution >= 0.6 is 0 Å². The molecule has 2 unspecified atom stereocenters. The Morgan fingerprint density at radius 3 is 2.48 bits per heavy atom. The summed E-state index contributed by atoms with van der Waals surface area (Å²) in [5.74, 6) is 0.916. The van der Waals surface area contributed by atoms with Crippen molar-refractivity contribution in [3.63, 3.8) is 0 Å². The van der Waals surface area contributed by atoms with Crippen LogP contribution in [0.25, 0.3) is 0 Å². The average Bonchev–Trinajstić information content (AvgIpc) is 2.51. The van der Waals surface area contributed by atoms with E-state index in [4.69, 9.17) is 4.74 Å². The van der Waals surface area contributed by atoms with Gasteiger partial charge in [0.15, 0.2) is 0 Å². The van der Waals surface area contributed by atoms with Gasteiger partial charge in [-0.1, -0.05) is 26.2 Å². The fourth-order valence-electron chi connectivity index (χ4n) is 4.70. The summed E-state index contributed by atoms with van der Waals surface area (Å²) in [5.41, 5.74) is 0.182. The molecule has 0 spiro atoms. The second kappa shape index (κ2) is 6.97. The highest BCUT2D eigenvalue weighted by Crippen LogP contribution is 2.37. The second-order valence-electron chi connectivity index (χ2n) is 7.65. The smallest absolute Gasteiger partial charge is 0.0805 e. The largest absolute Gasteiger partial charge is 0.377 e. The van der Waals surface area contributed by atoms with Crippen LogP contribution in [0, 0.1) is 5.92 Å². The minimum absolute atomic E-state index is 0.182. The molecule has 1 N–H and O–H groups in total. The number of nitrogens with one attached hydrogen (secondary N) is 1. The van der Waals surface area contributed by atoms with Gasteiger partial charge in [-0.2, -0.15) is 0 Å². The van der Waals surface area contributed by atoms with Crippen LogP contribution in [-0.2, 0) is 4.74 Å². The Morgan fingerprint density at radius 2 is 1.90 bits per heavy atom. The molecule has 1 saturated heterocycles. The van der Waals surface area contributed by atoms with Crippen molar-refractivity contribution < 1.29 is 4.74 Å². The number of rotatable bonds is 5. The highest BCUT2D eigenvalue weighted by molar-refractivity contribution is 4.97. The Kier molecular flexibility index (Phi) is 5.23. The maximum absolute atomic E-state index is 5.89. The molecule has 3 nitrogen and oxygen atoms in total. The van der Waals surface area contributed by atoms with Gasteiger partial charge in [0.1, 0.15) is 0 Å². The highest BCUT2D eigenvalue weighted by atomic mass is 16.5. The molecule has 1 heterocycles. The van der Waals surface area contributed by atoms with E-state index in [1.165, 1.54) is 70.9 Å². The summed E-state index contributed by atoms with van der Waals surface area (Å²) >= 11 is 0. The maximum Gasteiger partial charge on any atom is 0.0805 e. The third kappa shape index (κ3) is 3.46. The molecule has 2 atom stereocenters. The number of piperazine rings is 1. The molecule has 3 aliphatic rings. The van der Waals surface area contributed by atoms with Crippen LogP contribution in [0.1, 0.15) is 64.7 Å². The van der Waals surface area contributed by atoms with Gasteiger partial charge in [-0.15, -0.1) is 0 Å². The van der Waals surface area contributed by atoms with E-state index >= 15 is 0 Å². The predicted molar refractivity (Wildman–Crippen MR) is 87.6 cm³/mol. The number of hydrogen-bond acceptors (Lipinski definition) is 3. The first-order valence-corrected chi connectivity index (χ1v) is 9.29. The fraction of sp³-hybridized carbons (Fsp3) is 1.00. The quantitative estimate of drug-likeness (QED) is 0.843. The lowest BCUT2D eigenvalue weighted by Gasteiger charge is -2.50. The lowest BCUT2D eigenvalue weighted by Crippen LogP contribution is -2.62. The zero-order valence-electron chi connectivity index (χ0n) is 14.1. The van der Waals surface area contributed by atoms with E-state index in [2.05, 4.69) is 17.1 Å². The van der Waals surface area contributed by atoms with E-state index in [-0.39, 0.29) is 5.60 Å². The summed E-state index contributed by atoms with van der Waals surface area (Å²) in [5, 5.41) is 3.88. The van der Waals surface area contributed by atoms with Crippen LogP contribution in [0.5, 0.6) is 0 Å². The zero-order chi connectivity index (χ0) is 14.7. The summed E-state index contributed by atoms with van der Waals surface area (Å²) in [6, 6.07) is 1.43. The molecular formula is C18H34N2O. The second-order valence-corrected chi connectivity index (χ2v) is 7.65. The molecule has 0 amide bonds. The Hall–Kier alpha value is -0.120. The molecule has 3 fully saturated rings. The predicted octanol–water partition coefficient (Wildman–Crippen LogP) is 3.19. The van der Waals surface area contributed by atoms with Gasteiger partial charge in [-0.3, -0.25) is 4.90 Å². The van der Waals surface area contributed by atoms with Gasteiger partial charge in [0, 0.05) is 38.8 Å². The monoisotopic (exact) mass is 294 g/mol. The van der Waals surface area contributed by atoms with Gasteiger partial charge in [0.05, 0.1) is 5.60 Å². The summed E-state index contributed by atoms with van der Waals surface area (Å²) in [4.78, 5) is 2.76. The maximum atomic E-state index is 5.89. The van der Waals surface area contributed by atoms with Gasteiger partial charge in [0.25, 0.3) is 0 Å². The van der Waals surface area contributed by atoms with E-state index < -0.39 is 0 Å². The molecule has 0 radical (unpaired) electrons. The molecule has 0 aromatic carbocycles. The number of methoxy groups -OCH3 is 1. The number of hydrogen-bond donors (Lipinski definition) is 1. The van der Waals surface area contributed by atoms with Crippen LogP contribution < -0.4 is 5.32 Å². The van der Waals surface area contributed by atoms with E-state index in [9.17, 15) is 0 Å². The Balaban J connectivity index is 1.61. The first-order valence-electron chi connectivity index (χ1n) is 9.29. The van der Waals surface area contributed by atoms with Crippen molar-refractivity contribution in [2.75, 3.05) is 26.7 Å². The van der Waals surface area contributed by atoms with E-state index in [0.29, 0.717) is 6.04 Å². The van der Waals surface area contributed by atoms with Crippen LogP contribution in [0.2, 0.25) is 0 Å². The third-order valence-electron chi connectivity index (χ3n) is 6.44. The molecule has 3 heteroatoms. The summed E-state index contributed by atoms with van der Waals surface area (Å²) in [7, 11) is 1.92. The summed E-state index contributed by atoms with van der Waals surface area (Å²) in [6.45, 7) is 5.92. The number of nitrogens with zero attached hydrogens (tertiary/aromatic N) is 1. The van der Waals surface area contributed by atoms with Crippen molar-refractivity contribution in [3.8, 4) is 0 Å². The first-order chi connectivity index (χ1) is 10.3. The van der Waals surface area contributed by atoms with Crippen LogP contribution in [0.3, 0.4) is 0 Å². The van der Waals surface area contributed by atoms with Gasteiger partial charge >= 0.3 is 0 Å². The Labute approximate surface area is 130 Å². The van der Waals surface area contributed by atoms with Crippen molar-refractivity contribution in [3.05, 3.63) is 0 Å². The summed E-state index contributed by atoms with van der Waals surface area (Å²) < 4.78 is 5.89. The Morgan fingerprint density at radius 1 is 1.14 bits per heavy atom. The fourth-order valence-corrected chi connectivity index (χ4v) is 4.70. The normalized spacial score (nSPS) is 34.6. The molecule has 1 aliphatic heterocycles. The van der Waals surface area contributed by atoms with Crippen molar-refractivity contribution in [1.29, 1.82) is 0 Å². The average molecular weight is 294 g/mol. The van der Waals surface area contributed by atoms with Crippen LogP contribution in [-0.4, -0.2) is 49.3 Å². The van der Waals surface area contributed by atoms with Crippen LogP contribution in [0.4, 0.5) is 0 Å². The van der Waals surface area contributed by atoms with Crippen LogP contribution in [0.15, 0.2) is 0 Å². The first kappa shape index (κ1) is 15.8. The minimum Gasteiger partial charge on any atom is -0.377 e. The molecule has 0 bridgehead atoms. The molecule has 2 saturated carbocycles. The van der Waals surface area contributed by atoms with Gasteiger partial charge < -0.3 is 10.1 Å². The lowest BCUT2D eigenvalue weighted by atomic mass is 9.78. The topological polar surface area (TPSA) is 24.5 Å². The van der Waals surface area contributed by atoms with Crippen molar-refractivity contribution >= 4 is 0 Å². The summed E-state index contributed by atoms with van der Waals surface area (Å²) in [6.07, 6.45) is 12.4. The Bertz CT molecular complexity index is 318. The highest BCUT2D eigenvalue weighted by Gasteiger charge is 2.42. The third-order valence-corrected chi connectivity index (χ3v) is 6.44. The molecule has 122 valence electrons. The van der Waals surface area contributed by atoms with Crippen molar-refractivity contribution in [2.45, 2.75) is 82.4 Å². The SMILES string of the molecule is CCC1CNC(C2CCCCC2)CN1CC1(OC)CCC1. The van der Waals surface area contributed by atoms with E-state index in [1.807, 2.05) is 7.11 Å². The minimum atomic E-state index is 0.182. The standard InChI is InChI=1S/C18H34N2O/c1-3-16-12-19-17(15-8-5-4-6-9-15)13-20(16)14-18(21-2)10-7-11-18/h15-17,19H,3-14H2,1-2H3. The van der Waals surface area contributed by atoms with Gasteiger partial charge in [-0.05, 0) is 44.4 Å². The molecule has 0 aromatic rings. The zero-order valence-corrected chi connectivity index (χ0v) is 14.1.